The van der Waals surface area contributed by atoms with Crippen molar-refractivity contribution in [1.82, 2.24) is 0 Å². The molecule has 0 heterocycles. The summed E-state index contributed by atoms with van der Waals surface area (Å²) in [5, 5.41) is 0. The fraction of sp³-hybridized carbons (Fsp3) is 0.750. The highest BCUT2D eigenvalue weighted by Gasteiger charge is 1.94. The van der Waals surface area contributed by atoms with Gasteiger partial charge < -0.3 is 9.47 Å². The lowest BCUT2D eigenvalue weighted by Crippen LogP contribution is -1.97. The fourth-order valence-electron chi connectivity index (χ4n) is 1.26. The first kappa shape index (κ1) is 14.2. The van der Waals surface area contributed by atoms with Gasteiger partial charge in [0.15, 0.2) is 18.8 Å². The highest BCUT2D eigenvalue weighted by molar-refractivity contribution is 5.69. The molecule has 0 saturated heterocycles. The molecule has 0 saturated carbocycles. The average molecular weight is 214 g/mol. The monoisotopic (exact) mass is 214 g/mol. The van der Waals surface area contributed by atoms with Gasteiger partial charge in [0.05, 0.1) is 0 Å². The van der Waals surface area contributed by atoms with Crippen LogP contribution in [0, 0.1) is 0 Å². The van der Waals surface area contributed by atoms with E-state index in [-0.39, 0.29) is 6.79 Å². The third-order valence-corrected chi connectivity index (χ3v) is 2.11. The fourth-order valence-corrected chi connectivity index (χ4v) is 1.26. The number of carbonyl (C=O) groups is 1. The first-order valence-electron chi connectivity index (χ1n) is 5.62. The molecule has 0 amide bonds. The number of methoxy groups -OCH3 is 1. The molecule has 0 fully saturated rings. The van der Waals surface area contributed by atoms with Crippen LogP contribution < -0.4 is 0 Å². The van der Waals surface area contributed by atoms with Crippen molar-refractivity contribution in [3.63, 3.8) is 0 Å². The lowest BCUT2D eigenvalue weighted by molar-refractivity contribution is -0.110. The molecule has 0 atom stereocenters. The number of rotatable bonds is 10. The second-order valence-corrected chi connectivity index (χ2v) is 3.48. The lowest BCUT2D eigenvalue weighted by atomic mass is 10.1. The smallest absolute Gasteiger partial charge is 0.188 e. The predicted octanol–water partition coefficient (Wildman–Crippen LogP) is 3.05. The van der Waals surface area contributed by atoms with Crippen molar-refractivity contribution in [3.05, 3.63) is 11.8 Å². The zero-order valence-corrected chi connectivity index (χ0v) is 9.83. The van der Waals surface area contributed by atoms with Crippen LogP contribution in [-0.4, -0.2) is 20.2 Å². The van der Waals surface area contributed by atoms with Crippen LogP contribution in [0.4, 0.5) is 0 Å². The largest absolute Gasteiger partial charge is 0.464 e. The first-order chi connectivity index (χ1) is 7.35. The van der Waals surface area contributed by atoms with Gasteiger partial charge in [-0.2, -0.15) is 0 Å². The molecule has 0 aromatic heterocycles. The second-order valence-electron chi connectivity index (χ2n) is 3.48. The standard InChI is InChI=1S/C12H22O3/c1-3-4-5-6-7-8-9-12(10-13)15-11-14-2/h9-10H,3-8,11H2,1-2H3/b12-9+. The Labute approximate surface area is 92.5 Å². The van der Waals surface area contributed by atoms with E-state index in [1.54, 1.807) is 0 Å². The summed E-state index contributed by atoms with van der Waals surface area (Å²) in [6.07, 6.45) is 9.63. The number of hydrogen-bond acceptors (Lipinski definition) is 3. The zero-order valence-electron chi connectivity index (χ0n) is 9.83. The molecule has 3 nitrogen and oxygen atoms in total. The molecule has 0 spiro atoms. The Bertz CT molecular complexity index is 176. The highest BCUT2D eigenvalue weighted by Crippen LogP contribution is 2.07. The summed E-state index contributed by atoms with van der Waals surface area (Å²) in [6, 6.07) is 0. The van der Waals surface area contributed by atoms with E-state index in [9.17, 15) is 4.79 Å². The van der Waals surface area contributed by atoms with E-state index in [4.69, 9.17) is 9.47 Å². The molecule has 0 aliphatic carbocycles. The molecule has 15 heavy (non-hydrogen) atoms. The number of allylic oxidation sites excluding steroid dienone is 2. The Kier molecular flexibility index (Phi) is 10.6. The van der Waals surface area contributed by atoms with Gasteiger partial charge in [-0.25, -0.2) is 0 Å². The van der Waals surface area contributed by atoms with Gasteiger partial charge in [0.25, 0.3) is 0 Å². The topological polar surface area (TPSA) is 35.5 Å². The van der Waals surface area contributed by atoms with Crippen LogP contribution in [0.15, 0.2) is 11.8 Å². The number of ether oxygens (including phenoxy) is 2. The van der Waals surface area contributed by atoms with Gasteiger partial charge in [-0.3, -0.25) is 4.79 Å². The van der Waals surface area contributed by atoms with Crippen LogP contribution >= 0.6 is 0 Å². The van der Waals surface area contributed by atoms with Gasteiger partial charge in [0.1, 0.15) is 0 Å². The summed E-state index contributed by atoms with van der Waals surface area (Å²) in [6.45, 7) is 2.34. The first-order valence-corrected chi connectivity index (χ1v) is 5.62. The Morgan fingerprint density at radius 3 is 2.53 bits per heavy atom. The molecule has 0 rings (SSSR count). The van der Waals surface area contributed by atoms with Gasteiger partial charge in [-0.05, 0) is 18.9 Å². The number of carbonyl (C=O) groups excluding carboxylic acids is 1. The summed E-state index contributed by atoms with van der Waals surface area (Å²) in [4.78, 5) is 10.5. The summed E-state index contributed by atoms with van der Waals surface area (Å²) in [7, 11) is 1.53. The van der Waals surface area contributed by atoms with Crippen LogP contribution in [-0.2, 0) is 14.3 Å². The maximum absolute atomic E-state index is 10.5. The van der Waals surface area contributed by atoms with Gasteiger partial charge in [-0.15, -0.1) is 0 Å². The van der Waals surface area contributed by atoms with Crippen LogP contribution in [0.5, 0.6) is 0 Å². The molecule has 0 bridgehead atoms. The van der Waals surface area contributed by atoms with Crippen molar-refractivity contribution in [2.45, 2.75) is 45.4 Å². The van der Waals surface area contributed by atoms with Crippen molar-refractivity contribution in [2.24, 2.45) is 0 Å². The van der Waals surface area contributed by atoms with Crippen LogP contribution in [0.2, 0.25) is 0 Å². The van der Waals surface area contributed by atoms with Gasteiger partial charge >= 0.3 is 0 Å². The van der Waals surface area contributed by atoms with Gasteiger partial charge in [0.2, 0.25) is 0 Å². The van der Waals surface area contributed by atoms with Crippen LogP contribution in [0.1, 0.15) is 45.4 Å². The van der Waals surface area contributed by atoms with Gasteiger partial charge in [-0.1, -0.05) is 32.6 Å². The molecule has 0 N–H and O–H groups in total. The summed E-state index contributed by atoms with van der Waals surface area (Å²) < 4.78 is 9.75. The normalized spacial score (nSPS) is 11.5. The maximum atomic E-state index is 10.5. The molecule has 0 aromatic rings. The van der Waals surface area contributed by atoms with E-state index in [0.29, 0.717) is 5.76 Å². The van der Waals surface area contributed by atoms with E-state index in [0.717, 1.165) is 19.1 Å². The SMILES string of the molecule is CCCCCCC/C=C(\C=O)OCOC. The van der Waals surface area contributed by atoms with E-state index >= 15 is 0 Å². The molecular weight excluding hydrogens is 192 g/mol. The minimum Gasteiger partial charge on any atom is -0.464 e. The third kappa shape index (κ3) is 9.47. The Morgan fingerprint density at radius 1 is 1.20 bits per heavy atom. The van der Waals surface area contributed by atoms with Crippen molar-refractivity contribution in [3.8, 4) is 0 Å². The molecule has 0 aromatic carbocycles. The van der Waals surface area contributed by atoms with E-state index in [1.165, 1.54) is 32.8 Å². The Morgan fingerprint density at radius 2 is 1.93 bits per heavy atom. The Balaban J connectivity index is 3.48. The second kappa shape index (κ2) is 11.2. The van der Waals surface area contributed by atoms with Crippen molar-refractivity contribution >= 4 is 6.29 Å². The zero-order chi connectivity index (χ0) is 11.4. The molecule has 0 radical (unpaired) electrons. The molecule has 3 heteroatoms. The predicted molar refractivity (Wildman–Crippen MR) is 60.5 cm³/mol. The molecule has 0 aliphatic heterocycles. The molecular formula is C12H22O3. The quantitative estimate of drug-likeness (QED) is 0.184. The number of unbranched alkanes of at least 4 members (excludes halogenated alkanes) is 5. The van der Waals surface area contributed by atoms with E-state index < -0.39 is 0 Å². The highest BCUT2D eigenvalue weighted by atomic mass is 16.7. The average Bonchev–Trinajstić information content (AvgIpc) is 2.27. The summed E-state index contributed by atoms with van der Waals surface area (Å²) in [5.74, 6) is 0.382. The molecule has 88 valence electrons. The minimum absolute atomic E-state index is 0.139. The van der Waals surface area contributed by atoms with E-state index in [2.05, 4.69) is 6.92 Å². The van der Waals surface area contributed by atoms with Gasteiger partial charge in [0, 0.05) is 7.11 Å². The number of aldehydes is 1. The summed E-state index contributed by atoms with van der Waals surface area (Å²) in [5.41, 5.74) is 0. The third-order valence-electron chi connectivity index (χ3n) is 2.11. The van der Waals surface area contributed by atoms with Crippen molar-refractivity contribution in [2.75, 3.05) is 13.9 Å². The number of hydrogen-bond donors (Lipinski definition) is 0. The van der Waals surface area contributed by atoms with E-state index in [1.807, 2.05) is 6.08 Å². The van der Waals surface area contributed by atoms with Crippen molar-refractivity contribution in [1.29, 1.82) is 0 Å². The van der Waals surface area contributed by atoms with Crippen molar-refractivity contribution < 1.29 is 14.3 Å². The minimum atomic E-state index is 0.139. The van der Waals surface area contributed by atoms with Crippen LogP contribution in [0.3, 0.4) is 0 Å². The Hall–Kier alpha value is -0.830. The lowest BCUT2D eigenvalue weighted by Gasteiger charge is -2.03. The molecule has 0 aliphatic rings. The maximum Gasteiger partial charge on any atom is 0.188 e. The summed E-state index contributed by atoms with van der Waals surface area (Å²) >= 11 is 0. The molecule has 0 unspecified atom stereocenters. The van der Waals surface area contributed by atoms with Crippen LogP contribution in [0.25, 0.3) is 0 Å².